The van der Waals surface area contributed by atoms with Gasteiger partial charge in [0.25, 0.3) is 0 Å². The van der Waals surface area contributed by atoms with E-state index >= 15 is 0 Å². The molecular formula is C15H17FN4O2S. The topological polar surface area (TPSA) is 76.1 Å². The third-order valence-electron chi connectivity index (χ3n) is 3.64. The van der Waals surface area contributed by atoms with Crippen LogP contribution < -0.4 is 15.4 Å². The molecule has 1 aliphatic rings. The van der Waals surface area contributed by atoms with Crippen molar-refractivity contribution in [3.05, 3.63) is 35.7 Å². The van der Waals surface area contributed by atoms with E-state index in [1.807, 2.05) is 17.5 Å². The summed E-state index contributed by atoms with van der Waals surface area (Å²) >= 11 is 1.48. The van der Waals surface area contributed by atoms with Crippen LogP contribution in [0.3, 0.4) is 0 Å². The van der Waals surface area contributed by atoms with Crippen LogP contribution in [0, 0.1) is 5.82 Å². The van der Waals surface area contributed by atoms with Crippen LogP contribution in [0.5, 0.6) is 6.01 Å². The molecule has 0 saturated heterocycles. The first-order valence-corrected chi connectivity index (χ1v) is 8.32. The van der Waals surface area contributed by atoms with E-state index in [-0.39, 0.29) is 24.2 Å². The number of carbonyl (C=O) groups is 1. The van der Waals surface area contributed by atoms with E-state index in [2.05, 4.69) is 20.6 Å². The van der Waals surface area contributed by atoms with Gasteiger partial charge in [0.1, 0.15) is 6.10 Å². The molecule has 0 bridgehead atoms. The number of hydrogen-bond donors (Lipinski definition) is 2. The molecule has 0 aromatic carbocycles. The molecular weight excluding hydrogens is 319 g/mol. The molecule has 2 amide bonds. The number of ether oxygens (including phenoxy) is 1. The lowest BCUT2D eigenvalue weighted by atomic mass is 9.93. The summed E-state index contributed by atoms with van der Waals surface area (Å²) in [5.74, 6) is -0.484. The third-order valence-corrected chi connectivity index (χ3v) is 4.42. The molecule has 0 atom stereocenters. The first-order chi connectivity index (χ1) is 11.2. The zero-order chi connectivity index (χ0) is 16.1. The van der Waals surface area contributed by atoms with Gasteiger partial charge in [0.2, 0.25) is 0 Å². The highest BCUT2D eigenvalue weighted by molar-refractivity contribution is 7.14. The molecule has 2 aromatic rings. The normalized spacial score (nSPS) is 20.7. The van der Waals surface area contributed by atoms with Crippen molar-refractivity contribution in [1.82, 2.24) is 15.3 Å². The third kappa shape index (κ3) is 4.62. The van der Waals surface area contributed by atoms with E-state index in [0.717, 1.165) is 43.1 Å². The minimum Gasteiger partial charge on any atom is -0.460 e. The van der Waals surface area contributed by atoms with Crippen LogP contribution in [-0.2, 0) is 0 Å². The van der Waals surface area contributed by atoms with Crippen LogP contribution in [0.25, 0.3) is 0 Å². The number of carbonyl (C=O) groups excluding carboxylic acids is 1. The van der Waals surface area contributed by atoms with Gasteiger partial charge in [-0.1, -0.05) is 0 Å². The van der Waals surface area contributed by atoms with Gasteiger partial charge in [-0.05, 0) is 43.2 Å². The van der Waals surface area contributed by atoms with E-state index in [1.165, 1.54) is 11.3 Å². The Morgan fingerprint density at radius 1 is 1.26 bits per heavy atom. The number of anilines is 1. The zero-order valence-electron chi connectivity index (χ0n) is 12.4. The van der Waals surface area contributed by atoms with E-state index in [1.54, 1.807) is 0 Å². The maximum absolute atomic E-state index is 12.7. The Balaban J connectivity index is 1.41. The summed E-state index contributed by atoms with van der Waals surface area (Å²) in [5, 5.41) is 8.52. The molecule has 2 heterocycles. The smallest absolute Gasteiger partial charge is 0.320 e. The number of amides is 2. The minimum absolute atomic E-state index is 0.00105. The minimum atomic E-state index is -0.484. The predicted molar refractivity (Wildman–Crippen MR) is 85.1 cm³/mol. The fourth-order valence-corrected chi connectivity index (χ4v) is 3.13. The number of halogens is 1. The Morgan fingerprint density at radius 2 is 2.00 bits per heavy atom. The first-order valence-electron chi connectivity index (χ1n) is 7.44. The molecule has 0 unspecified atom stereocenters. The standard InChI is InChI=1S/C15H17FN4O2S/c16-10-8-17-15(18-9-10)22-12-5-3-11(4-6-12)19-14(21)20-13-2-1-7-23-13/h1-2,7-9,11-12H,3-6H2,(H2,19,20,21). The van der Waals surface area contributed by atoms with Gasteiger partial charge in [-0.3, -0.25) is 5.32 Å². The highest BCUT2D eigenvalue weighted by atomic mass is 32.1. The monoisotopic (exact) mass is 336 g/mol. The van der Waals surface area contributed by atoms with Crippen molar-refractivity contribution < 1.29 is 13.9 Å². The second-order valence-electron chi connectivity index (χ2n) is 5.35. The number of rotatable bonds is 4. The van der Waals surface area contributed by atoms with Gasteiger partial charge < -0.3 is 10.1 Å². The molecule has 1 fully saturated rings. The number of thiophene rings is 1. The van der Waals surface area contributed by atoms with Gasteiger partial charge >= 0.3 is 12.0 Å². The van der Waals surface area contributed by atoms with Gasteiger partial charge in [0, 0.05) is 6.04 Å². The summed E-state index contributed by atoms with van der Waals surface area (Å²) in [6.45, 7) is 0. The van der Waals surface area contributed by atoms with Crippen LogP contribution in [-0.4, -0.2) is 28.1 Å². The van der Waals surface area contributed by atoms with Crippen molar-refractivity contribution in [2.75, 3.05) is 5.32 Å². The Hall–Kier alpha value is -2.22. The number of hydrogen-bond acceptors (Lipinski definition) is 5. The molecule has 8 heteroatoms. The molecule has 23 heavy (non-hydrogen) atoms. The van der Waals surface area contributed by atoms with E-state index in [4.69, 9.17) is 4.74 Å². The second-order valence-corrected chi connectivity index (χ2v) is 6.30. The maximum atomic E-state index is 12.7. The summed E-state index contributed by atoms with van der Waals surface area (Å²) < 4.78 is 18.4. The predicted octanol–water partition coefficient (Wildman–Crippen LogP) is 3.19. The lowest BCUT2D eigenvalue weighted by Crippen LogP contribution is -2.41. The van der Waals surface area contributed by atoms with E-state index in [9.17, 15) is 9.18 Å². The average molecular weight is 336 g/mol. The molecule has 2 N–H and O–H groups in total. The number of aromatic nitrogens is 2. The summed E-state index contributed by atoms with van der Waals surface area (Å²) in [4.78, 5) is 19.5. The Morgan fingerprint density at radius 3 is 2.65 bits per heavy atom. The van der Waals surface area contributed by atoms with E-state index < -0.39 is 5.82 Å². The molecule has 0 aliphatic heterocycles. The molecule has 1 saturated carbocycles. The molecule has 2 aromatic heterocycles. The number of nitrogens with one attached hydrogen (secondary N) is 2. The summed E-state index contributed by atoms with van der Waals surface area (Å²) in [5.41, 5.74) is 0. The second kappa shape index (κ2) is 7.36. The number of nitrogens with zero attached hydrogens (tertiary/aromatic N) is 2. The first kappa shape index (κ1) is 15.7. The SMILES string of the molecule is O=C(Nc1cccs1)NC1CCC(Oc2ncc(F)cn2)CC1. The molecule has 3 rings (SSSR count). The van der Waals surface area contributed by atoms with Crippen molar-refractivity contribution in [3.63, 3.8) is 0 Å². The number of urea groups is 1. The Kier molecular flexibility index (Phi) is 5.02. The molecule has 6 nitrogen and oxygen atoms in total. The molecule has 122 valence electrons. The van der Waals surface area contributed by atoms with Gasteiger partial charge in [-0.2, -0.15) is 0 Å². The van der Waals surface area contributed by atoms with Gasteiger partial charge in [0.05, 0.1) is 17.4 Å². The largest absolute Gasteiger partial charge is 0.460 e. The van der Waals surface area contributed by atoms with Crippen LogP contribution >= 0.6 is 11.3 Å². The lowest BCUT2D eigenvalue weighted by Gasteiger charge is -2.28. The van der Waals surface area contributed by atoms with Crippen LogP contribution in [0.4, 0.5) is 14.2 Å². The average Bonchev–Trinajstić information content (AvgIpc) is 3.04. The molecule has 1 aliphatic carbocycles. The highest BCUT2D eigenvalue weighted by Crippen LogP contribution is 2.22. The quantitative estimate of drug-likeness (QED) is 0.899. The van der Waals surface area contributed by atoms with Gasteiger partial charge in [-0.15, -0.1) is 11.3 Å². The molecule has 0 radical (unpaired) electrons. The summed E-state index contributed by atoms with van der Waals surface area (Å²) in [7, 11) is 0. The summed E-state index contributed by atoms with van der Waals surface area (Å²) in [6.07, 6.45) is 5.41. The van der Waals surface area contributed by atoms with Crippen molar-refractivity contribution in [2.45, 2.75) is 37.8 Å². The van der Waals surface area contributed by atoms with Gasteiger partial charge in [-0.25, -0.2) is 19.2 Å². The fourth-order valence-electron chi connectivity index (χ4n) is 2.52. The van der Waals surface area contributed by atoms with Crippen LogP contribution in [0.15, 0.2) is 29.9 Å². The van der Waals surface area contributed by atoms with E-state index in [0.29, 0.717) is 0 Å². The summed E-state index contributed by atoms with van der Waals surface area (Å²) in [6, 6.07) is 3.89. The van der Waals surface area contributed by atoms with Crippen LogP contribution in [0.1, 0.15) is 25.7 Å². The van der Waals surface area contributed by atoms with Crippen molar-refractivity contribution in [3.8, 4) is 6.01 Å². The van der Waals surface area contributed by atoms with Crippen LogP contribution in [0.2, 0.25) is 0 Å². The Bertz CT molecular complexity index is 627. The zero-order valence-corrected chi connectivity index (χ0v) is 13.2. The van der Waals surface area contributed by atoms with Crippen molar-refractivity contribution in [2.24, 2.45) is 0 Å². The molecule has 0 spiro atoms. The lowest BCUT2D eigenvalue weighted by molar-refractivity contribution is 0.129. The van der Waals surface area contributed by atoms with Crippen molar-refractivity contribution in [1.29, 1.82) is 0 Å². The maximum Gasteiger partial charge on any atom is 0.320 e. The van der Waals surface area contributed by atoms with Crippen molar-refractivity contribution >= 4 is 22.4 Å². The van der Waals surface area contributed by atoms with Gasteiger partial charge in [0.15, 0.2) is 5.82 Å². The Labute approximate surface area is 137 Å². The fraction of sp³-hybridized carbons (Fsp3) is 0.400. The highest BCUT2D eigenvalue weighted by Gasteiger charge is 2.24.